The Bertz CT molecular complexity index is 976. The number of hydrogen-bond donors (Lipinski definition) is 1. The molecular weight excluding hydrogens is 491 g/mol. The van der Waals surface area contributed by atoms with Gasteiger partial charge in [0.1, 0.15) is 11.7 Å². The van der Waals surface area contributed by atoms with E-state index in [9.17, 15) is 4.79 Å². The van der Waals surface area contributed by atoms with Gasteiger partial charge in [-0.15, -0.1) is 0 Å². The minimum atomic E-state index is -0.231. The summed E-state index contributed by atoms with van der Waals surface area (Å²) in [6.45, 7) is 5.71. The van der Waals surface area contributed by atoms with Crippen molar-refractivity contribution >= 4 is 51.8 Å². The number of nitrogens with zero attached hydrogens (tertiary/aromatic N) is 5. The lowest BCUT2D eigenvalue weighted by molar-refractivity contribution is -0.116. The van der Waals surface area contributed by atoms with Gasteiger partial charge in [0, 0.05) is 66.4 Å². The standard InChI is InChI=1S/C22H25IN6O/c1-27-8-10-28(11-9-27)15-2-3-16-19(12-15)26-21(29-7-6-25-22(16)29)13-20(30)17-14-24-5-4-18(17)23/h2-5,12-14,17-18,26H,6-11H2,1H3/t17?,18-/m0/s1. The monoisotopic (exact) mass is 516 g/mol. The molecule has 7 nitrogen and oxygen atoms in total. The molecule has 8 heteroatoms. The summed E-state index contributed by atoms with van der Waals surface area (Å²) >= 11 is 2.29. The third-order valence-corrected chi connectivity index (χ3v) is 7.25. The van der Waals surface area contributed by atoms with Crippen molar-refractivity contribution in [2.75, 3.05) is 56.5 Å². The Labute approximate surface area is 190 Å². The summed E-state index contributed by atoms with van der Waals surface area (Å²) in [5, 5.41) is 3.52. The van der Waals surface area contributed by atoms with Crippen LogP contribution in [-0.2, 0) is 4.79 Å². The predicted octanol–water partition coefficient (Wildman–Crippen LogP) is 2.35. The van der Waals surface area contributed by atoms with Crippen molar-refractivity contribution in [1.29, 1.82) is 0 Å². The molecule has 0 bridgehead atoms. The normalized spacial score (nSPS) is 27.0. The molecule has 0 aliphatic carbocycles. The Balaban J connectivity index is 1.44. The number of rotatable bonds is 3. The summed E-state index contributed by atoms with van der Waals surface area (Å²) in [5.74, 6) is 1.60. The summed E-state index contributed by atoms with van der Waals surface area (Å²) in [6.07, 6.45) is 7.20. The second-order valence-corrected chi connectivity index (χ2v) is 9.48. The molecule has 0 radical (unpaired) electrons. The molecule has 1 aromatic rings. The molecule has 2 atom stereocenters. The maximum atomic E-state index is 13.0. The second-order valence-electron chi connectivity index (χ2n) is 8.04. The Morgan fingerprint density at radius 1 is 1.23 bits per heavy atom. The number of ketones is 1. The summed E-state index contributed by atoms with van der Waals surface area (Å²) in [4.78, 5) is 28.8. The number of likely N-dealkylation sites (N-methyl/N-ethyl adjacent to an activating group) is 1. The van der Waals surface area contributed by atoms with Crippen LogP contribution < -0.4 is 10.2 Å². The molecule has 0 amide bonds. The number of fused-ring (bicyclic) bond motifs is 3. The number of nitrogens with one attached hydrogen (secondary N) is 1. The molecule has 156 valence electrons. The summed E-state index contributed by atoms with van der Waals surface area (Å²) < 4.78 is 0.121. The maximum absolute atomic E-state index is 13.0. The second kappa shape index (κ2) is 8.14. The van der Waals surface area contributed by atoms with E-state index >= 15 is 0 Å². The van der Waals surface area contributed by atoms with Crippen LogP contribution >= 0.6 is 22.6 Å². The maximum Gasteiger partial charge on any atom is 0.169 e. The topological polar surface area (TPSA) is 63.5 Å². The van der Waals surface area contributed by atoms with Gasteiger partial charge in [-0.3, -0.25) is 14.8 Å². The average Bonchev–Trinajstić information content (AvgIpc) is 3.25. The van der Waals surface area contributed by atoms with E-state index in [-0.39, 0.29) is 15.6 Å². The van der Waals surface area contributed by atoms with Crippen molar-refractivity contribution in [3.8, 4) is 0 Å². The molecule has 4 aliphatic rings. The van der Waals surface area contributed by atoms with Gasteiger partial charge in [0.15, 0.2) is 5.78 Å². The van der Waals surface area contributed by atoms with Gasteiger partial charge in [-0.05, 0) is 25.2 Å². The van der Waals surface area contributed by atoms with Crippen molar-refractivity contribution in [1.82, 2.24) is 9.80 Å². The molecule has 4 aliphatic heterocycles. The highest BCUT2D eigenvalue weighted by molar-refractivity contribution is 14.1. The first kappa shape index (κ1) is 19.7. The Morgan fingerprint density at radius 2 is 2.07 bits per heavy atom. The van der Waals surface area contributed by atoms with Gasteiger partial charge in [-0.1, -0.05) is 28.7 Å². The van der Waals surface area contributed by atoms with E-state index in [1.54, 1.807) is 18.5 Å². The van der Waals surface area contributed by atoms with Gasteiger partial charge in [0.05, 0.1) is 18.2 Å². The van der Waals surface area contributed by atoms with Crippen LogP contribution in [0.4, 0.5) is 11.4 Å². The van der Waals surface area contributed by atoms with Crippen LogP contribution in [0.1, 0.15) is 5.56 Å². The minimum absolute atomic E-state index is 0.0647. The Hall–Kier alpha value is -2.20. The number of carbonyl (C=O) groups is 1. The van der Waals surface area contributed by atoms with Crippen LogP contribution in [0.15, 0.2) is 52.4 Å². The van der Waals surface area contributed by atoms with Crippen molar-refractivity contribution < 1.29 is 4.79 Å². The number of hydrogen-bond acceptors (Lipinski definition) is 7. The molecule has 1 N–H and O–H groups in total. The van der Waals surface area contributed by atoms with E-state index in [1.165, 1.54) is 5.69 Å². The number of aliphatic imine (C=N–C) groups is 2. The SMILES string of the molecule is CN1CCN(c2ccc3c(c2)NC(=CC(=O)C2C=NC=C[C@@H]2I)N2CCN=C32)CC1. The average molecular weight is 516 g/mol. The number of piperazine rings is 1. The summed E-state index contributed by atoms with van der Waals surface area (Å²) in [6, 6.07) is 6.55. The zero-order chi connectivity index (χ0) is 20.7. The third kappa shape index (κ3) is 3.66. The molecule has 0 saturated carbocycles. The van der Waals surface area contributed by atoms with Gasteiger partial charge < -0.3 is 20.0 Å². The van der Waals surface area contributed by atoms with Crippen LogP contribution in [0.2, 0.25) is 0 Å². The lowest BCUT2D eigenvalue weighted by atomic mass is 9.99. The highest BCUT2D eigenvalue weighted by Gasteiger charge is 2.32. The number of allylic oxidation sites excluding steroid dienone is 2. The van der Waals surface area contributed by atoms with E-state index < -0.39 is 0 Å². The molecule has 1 fully saturated rings. The number of carbonyl (C=O) groups excluding carboxylic acids is 1. The fraction of sp³-hybridized carbons (Fsp3) is 0.409. The van der Waals surface area contributed by atoms with Crippen LogP contribution in [0.3, 0.4) is 0 Å². The van der Waals surface area contributed by atoms with Gasteiger partial charge in [0.2, 0.25) is 0 Å². The number of amidine groups is 1. The van der Waals surface area contributed by atoms with E-state index in [0.29, 0.717) is 0 Å². The fourth-order valence-electron chi connectivity index (χ4n) is 4.26. The first-order valence-corrected chi connectivity index (χ1v) is 11.6. The minimum Gasteiger partial charge on any atom is -0.369 e. The first-order chi connectivity index (χ1) is 14.6. The van der Waals surface area contributed by atoms with Gasteiger partial charge in [0.25, 0.3) is 0 Å². The predicted molar refractivity (Wildman–Crippen MR) is 130 cm³/mol. The number of benzene rings is 1. The van der Waals surface area contributed by atoms with Crippen molar-refractivity contribution in [3.05, 3.63) is 47.9 Å². The Kier molecular flexibility index (Phi) is 5.36. The lowest BCUT2D eigenvalue weighted by Gasteiger charge is -2.36. The molecule has 0 spiro atoms. The summed E-state index contributed by atoms with van der Waals surface area (Å²) in [5.41, 5.74) is 3.33. The van der Waals surface area contributed by atoms with Gasteiger partial charge in [-0.2, -0.15) is 0 Å². The van der Waals surface area contributed by atoms with Gasteiger partial charge >= 0.3 is 0 Å². The summed E-state index contributed by atoms with van der Waals surface area (Å²) in [7, 11) is 2.17. The zero-order valence-electron chi connectivity index (χ0n) is 17.0. The van der Waals surface area contributed by atoms with E-state index in [2.05, 4.69) is 72.8 Å². The molecule has 0 aromatic heterocycles. The van der Waals surface area contributed by atoms with E-state index in [1.807, 2.05) is 6.08 Å². The van der Waals surface area contributed by atoms with Crippen molar-refractivity contribution in [2.45, 2.75) is 3.92 Å². The lowest BCUT2D eigenvalue weighted by Crippen LogP contribution is -2.44. The largest absolute Gasteiger partial charge is 0.369 e. The number of halogens is 1. The molecule has 1 aromatic carbocycles. The smallest absolute Gasteiger partial charge is 0.169 e. The van der Waals surface area contributed by atoms with Crippen LogP contribution in [-0.4, -0.2) is 77.9 Å². The Morgan fingerprint density at radius 3 is 2.87 bits per heavy atom. The zero-order valence-corrected chi connectivity index (χ0v) is 19.1. The molecule has 4 heterocycles. The number of alkyl halides is 1. The molecule has 30 heavy (non-hydrogen) atoms. The van der Waals surface area contributed by atoms with E-state index in [0.717, 1.165) is 62.2 Å². The molecule has 5 rings (SSSR count). The molecular formula is C22H25IN6O. The number of anilines is 2. The highest BCUT2D eigenvalue weighted by atomic mass is 127. The van der Waals surface area contributed by atoms with Crippen LogP contribution in [0.25, 0.3) is 0 Å². The highest BCUT2D eigenvalue weighted by Crippen LogP contribution is 2.33. The van der Waals surface area contributed by atoms with E-state index in [4.69, 9.17) is 4.99 Å². The molecule has 1 unspecified atom stereocenters. The molecule has 1 saturated heterocycles. The van der Waals surface area contributed by atoms with Crippen molar-refractivity contribution in [2.24, 2.45) is 15.9 Å². The van der Waals surface area contributed by atoms with Gasteiger partial charge in [-0.25, -0.2) is 0 Å². The van der Waals surface area contributed by atoms with Crippen LogP contribution in [0.5, 0.6) is 0 Å². The quantitative estimate of drug-likeness (QED) is 0.380. The fourth-order valence-corrected chi connectivity index (χ4v) is 4.99. The van der Waals surface area contributed by atoms with Crippen LogP contribution in [0, 0.1) is 5.92 Å². The first-order valence-electron chi connectivity index (χ1n) is 10.4. The van der Waals surface area contributed by atoms with Crippen molar-refractivity contribution in [3.63, 3.8) is 0 Å². The third-order valence-electron chi connectivity index (χ3n) is 6.06.